The van der Waals surface area contributed by atoms with E-state index in [1.54, 1.807) is 0 Å². The molecular weight excluding hydrogens is 456 g/mol. The second kappa shape index (κ2) is 9.75. The number of amides is 2. The number of nitrogens with one attached hydrogen (secondary N) is 1. The first-order valence-corrected chi connectivity index (χ1v) is 11.9. The van der Waals surface area contributed by atoms with Crippen LogP contribution in [0.15, 0.2) is 72.8 Å². The van der Waals surface area contributed by atoms with Crippen molar-refractivity contribution in [1.82, 2.24) is 4.90 Å². The molecule has 2 amide bonds. The molecule has 1 N–H and O–H groups in total. The zero-order valence-corrected chi connectivity index (χ0v) is 19.9. The molecule has 2 aliphatic heterocycles. The molecular formula is C28H26N4O4. The fourth-order valence-electron chi connectivity index (χ4n) is 4.84. The third-order valence-corrected chi connectivity index (χ3v) is 6.57. The Hall–Kier alpha value is -4.30. The van der Waals surface area contributed by atoms with Crippen molar-refractivity contribution < 1.29 is 14.5 Å². The first-order chi connectivity index (χ1) is 17.4. The number of likely N-dealkylation sites (tertiary alicyclic amines) is 1. The second-order valence-corrected chi connectivity index (χ2v) is 9.04. The van der Waals surface area contributed by atoms with Crippen LogP contribution in [0.4, 0.5) is 17.1 Å². The smallest absolute Gasteiger partial charge is 0.271 e. The minimum Gasteiger partial charge on any atom is -0.354 e. The van der Waals surface area contributed by atoms with Gasteiger partial charge in [-0.2, -0.15) is 0 Å². The summed E-state index contributed by atoms with van der Waals surface area (Å²) in [5, 5.41) is 14.8. The highest BCUT2D eigenvalue weighted by atomic mass is 16.6. The standard InChI is InChI=1S/C28H26N4O4/c1-19(33)31-25-17-23(32(35)36)13-14-24(25)26(28(31)34)27(21-7-3-2-4-8-21)29-22-11-9-20(10-12-22)18-30-15-5-6-16-30/h2-4,7-14,17,29H,5-6,15-16,18H2,1H3/b27-26-. The maximum absolute atomic E-state index is 13.6. The third kappa shape index (κ3) is 4.50. The van der Waals surface area contributed by atoms with Crippen molar-refractivity contribution in [3.8, 4) is 0 Å². The first kappa shape index (κ1) is 23.4. The van der Waals surface area contributed by atoms with E-state index in [2.05, 4.69) is 22.3 Å². The van der Waals surface area contributed by atoms with E-state index in [4.69, 9.17) is 0 Å². The molecule has 0 unspecified atom stereocenters. The monoisotopic (exact) mass is 482 g/mol. The van der Waals surface area contributed by atoms with Gasteiger partial charge in [0, 0.05) is 36.9 Å². The largest absolute Gasteiger partial charge is 0.354 e. The summed E-state index contributed by atoms with van der Waals surface area (Å²) in [5.74, 6) is -1.02. The second-order valence-electron chi connectivity index (χ2n) is 9.04. The lowest BCUT2D eigenvalue weighted by molar-refractivity contribution is -0.384. The van der Waals surface area contributed by atoms with Crippen molar-refractivity contribution >= 4 is 40.1 Å². The van der Waals surface area contributed by atoms with Gasteiger partial charge in [0.15, 0.2) is 0 Å². The number of imide groups is 1. The molecule has 3 aromatic carbocycles. The normalized spacial score (nSPS) is 16.7. The predicted octanol–water partition coefficient (Wildman–Crippen LogP) is 5.06. The number of carbonyl (C=O) groups excluding carboxylic acids is 2. The Bertz CT molecular complexity index is 1360. The van der Waals surface area contributed by atoms with Crippen molar-refractivity contribution in [2.75, 3.05) is 23.3 Å². The van der Waals surface area contributed by atoms with Gasteiger partial charge < -0.3 is 5.32 Å². The molecule has 0 aromatic heterocycles. The van der Waals surface area contributed by atoms with E-state index in [0.29, 0.717) is 16.8 Å². The summed E-state index contributed by atoms with van der Waals surface area (Å²) in [4.78, 5) is 40.3. The quantitative estimate of drug-likeness (QED) is 0.300. The Morgan fingerprint density at radius 3 is 2.33 bits per heavy atom. The van der Waals surface area contributed by atoms with Crippen LogP contribution in [0.25, 0.3) is 11.3 Å². The Labute approximate surface area is 209 Å². The molecule has 3 aromatic rings. The zero-order valence-electron chi connectivity index (χ0n) is 19.9. The van der Waals surface area contributed by atoms with Crippen LogP contribution in [-0.4, -0.2) is 34.7 Å². The molecule has 2 aliphatic rings. The van der Waals surface area contributed by atoms with Crippen molar-refractivity contribution in [3.05, 3.63) is 99.6 Å². The molecule has 1 saturated heterocycles. The number of non-ortho nitro benzene ring substituents is 1. The number of anilines is 2. The minimum absolute atomic E-state index is 0.183. The summed E-state index contributed by atoms with van der Waals surface area (Å²) in [6, 6.07) is 21.7. The number of hydrogen-bond donors (Lipinski definition) is 1. The summed E-state index contributed by atoms with van der Waals surface area (Å²) in [5.41, 5.74) is 4.10. The van der Waals surface area contributed by atoms with Crippen molar-refractivity contribution in [1.29, 1.82) is 0 Å². The molecule has 182 valence electrons. The van der Waals surface area contributed by atoms with Crippen LogP contribution < -0.4 is 10.2 Å². The summed E-state index contributed by atoms with van der Waals surface area (Å²) in [6.45, 7) is 4.43. The van der Waals surface area contributed by atoms with Gasteiger partial charge in [0.2, 0.25) is 5.91 Å². The van der Waals surface area contributed by atoms with Crippen LogP contribution in [0.3, 0.4) is 0 Å². The zero-order chi connectivity index (χ0) is 25.2. The first-order valence-electron chi connectivity index (χ1n) is 11.9. The molecule has 0 radical (unpaired) electrons. The minimum atomic E-state index is -0.537. The van der Waals surface area contributed by atoms with Gasteiger partial charge >= 0.3 is 0 Å². The van der Waals surface area contributed by atoms with Crippen molar-refractivity contribution in [2.24, 2.45) is 0 Å². The number of benzene rings is 3. The summed E-state index contributed by atoms with van der Waals surface area (Å²) >= 11 is 0. The van der Waals surface area contributed by atoms with Gasteiger partial charge in [0.1, 0.15) is 0 Å². The topological polar surface area (TPSA) is 95.8 Å². The molecule has 36 heavy (non-hydrogen) atoms. The summed E-state index contributed by atoms with van der Waals surface area (Å²) < 4.78 is 0. The van der Waals surface area contributed by atoms with E-state index in [-0.39, 0.29) is 11.4 Å². The van der Waals surface area contributed by atoms with Crippen LogP contribution in [-0.2, 0) is 16.1 Å². The van der Waals surface area contributed by atoms with Gasteiger partial charge in [-0.05, 0) is 55.3 Å². The SMILES string of the molecule is CC(=O)N1C(=O)/C(=C(\Nc2ccc(CN3CCCC3)cc2)c2ccccc2)c2ccc([N+](=O)[O-])cc21. The fraction of sp³-hybridized carbons (Fsp3) is 0.214. The van der Waals surface area contributed by atoms with Crippen LogP contribution in [0, 0.1) is 10.1 Å². The van der Waals surface area contributed by atoms with E-state index < -0.39 is 16.7 Å². The molecule has 0 spiro atoms. The van der Waals surface area contributed by atoms with E-state index in [1.165, 1.54) is 43.5 Å². The highest BCUT2D eigenvalue weighted by molar-refractivity contribution is 6.43. The Kier molecular flexibility index (Phi) is 6.35. The molecule has 8 heteroatoms. The van der Waals surface area contributed by atoms with E-state index in [1.807, 2.05) is 42.5 Å². The maximum Gasteiger partial charge on any atom is 0.271 e. The molecule has 1 fully saturated rings. The lowest BCUT2D eigenvalue weighted by atomic mass is 9.99. The highest BCUT2D eigenvalue weighted by Crippen LogP contribution is 2.42. The van der Waals surface area contributed by atoms with Crippen LogP contribution in [0.5, 0.6) is 0 Å². The van der Waals surface area contributed by atoms with E-state index in [9.17, 15) is 19.7 Å². The number of fused-ring (bicyclic) bond motifs is 1. The van der Waals surface area contributed by atoms with Gasteiger partial charge in [-0.3, -0.25) is 24.6 Å². The third-order valence-electron chi connectivity index (χ3n) is 6.57. The van der Waals surface area contributed by atoms with Crippen molar-refractivity contribution in [3.63, 3.8) is 0 Å². The Morgan fingerprint density at radius 1 is 1.00 bits per heavy atom. The number of rotatable bonds is 6. The van der Waals surface area contributed by atoms with Gasteiger partial charge in [-0.25, -0.2) is 4.90 Å². The van der Waals surface area contributed by atoms with E-state index in [0.717, 1.165) is 35.8 Å². The number of hydrogen-bond acceptors (Lipinski definition) is 6. The molecule has 0 atom stereocenters. The van der Waals surface area contributed by atoms with Crippen LogP contribution in [0.1, 0.15) is 36.5 Å². The molecule has 0 saturated carbocycles. The average Bonchev–Trinajstić information content (AvgIpc) is 3.49. The van der Waals surface area contributed by atoms with Gasteiger partial charge in [0.25, 0.3) is 11.6 Å². The average molecular weight is 483 g/mol. The Balaban J connectivity index is 1.58. The number of carbonyl (C=O) groups is 2. The summed E-state index contributed by atoms with van der Waals surface area (Å²) in [6.07, 6.45) is 2.48. The highest BCUT2D eigenvalue weighted by Gasteiger charge is 2.38. The maximum atomic E-state index is 13.6. The molecule has 8 nitrogen and oxygen atoms in total. The summed E-state index contributed by atoms with van der Waals surface area (Å²) in [7, 11) is 0. The van der Waals surface area contributed by atoms with Gasteiger partial charge in [-0.15, -0.1) is 0 Å². The number of nitro groups is 1. The molecule has 0 aliphatic carbocycles. The molecule has 0 bridgehead atoms. The predicted molar refractivity (Wildman–Crippen MR) is 139 cm³/mol. The lowest BCUT2D eigenvalue weighted by Crippen LogP contribution is -2.31. The van der Waals surface area contributed by atoms with Gasteiger partial charge in [0.05, 0.1) is 21.9 Å². The Morgan fingerprint density at radius 2 is 1.69 bits per heavy atom. The fourth-order valence-corrected chi connectivity index (χ4v) is 4.84. The number of nitrogens with zero attached hydrogens (tertiary/aromatic N) is 3. The molecule has 5 rings (SSSR count). The van der Waals surface area contributed by atoms with Crippen LogP contribution >= 0.6 is 0 Å². The lowest BCUT2D eigenvalue weighted by Gasteiger charge is -2.17. The van der Waals surface area contributed by atoms with Gasteiger partial charge in [-0.1, -0.05) is 42.5 Å². The molecule has 2 heterocycles. The van der Waals surface area contributed by atoms with E-state index >= 15 is 0 Å². The van der Waals surface area contributed by atoms with Crippen LogP contribution in [0.2, 0.25) is 0 Å². The van der Waals surface area contributed by atoms with Crippen molar-refractivity contribution in [2.45, 2.75) is 26.3 Å². The number of nitro benzene ring substituents is 1.